The SMILES string of the molecule is CCC(C)CC(Br)c1cc(Cl)c(OC)cc1Cl. The molecule has 0 bridgehead atoms. The molecule has 0 heterocycles. The average molecular weight is 340 g/mol. The van der Waals surface area contributed by atoms with Crippen LogP contribution in [0.3, 0.4) is 0 Å². The second kappa shape index (κ2) is 6.86. The summed E-state index contributed by atoms with van der Waals surface area (Å²) in [4.78, 5) is 0.230. The van der Waals surface area contributed by atoms with Crippen molar-refractivity contribution >= 4 is 39.1 Å². The van der Waals surface area contributed by atoms with Crippen molar-refractivity contribution in [2.75, 3.05) is 7.11 Å². The molecule has 0 N–H and O–H groups in total. The number of methoxy groups -OCH3 is 1. The van der Waals surface area contributed by atoms with Gasteiger partial charge in [0.25, 0.3) is 0 Å². The van der Waals surface area contributed by atoms with Crippen LogP contribution >= 0.6 is 39.1 Å². The van der Waals surface area contributed by atoms with E-state index >= 15 is 0 Å². The van der Waals surface area contributed by atoms with Crippen molar-refractivity contribution in [3.05, 3.63) is 27.7 Å². The molecule has 0 saturated carbocycles. The standard InChI is InChI=1S/C13H17BrCl2O/c1-4-8(2)5-10(14)9-6-12(16)13(17-3)7-11(9)15/h6-8,10H,4-5H2,1-3H3. The Balaban J connectivity index is 2.94. The van der Waals surface area contributed by atoms with Crippen molar-refractivity contribution < 1.29 is 4.74 Å². The summed E-state index contributed by atoms with van der Waals surface area (Å²) in [5.74, 6) is 1.26. The first-order valence-corrected chi connectivity index (χ1v) is 7.33. The molecule has 0 aliphatic heterocycles. The van der Waals surface area contributed by atoms with Gasteiger partial charge in [-0.3, -0.25) is 0 Å². The van der Waals surface area contributed by atoms with E-state index in [2.05, 4.69) is 29.8 Å². The Morgan fingerprint density at radius 1 is 1.29 bits per heavy atom. The minimum absolute atomic E-state index is 0.230. The highest BCUT2D eigenvalue weighted by Crippen LogP contribution is 2.39. The van der Waals surface area contributed by atoms with Gasteiger partial charge in [0.15, 0.2) is 0 Å². The molecule has 17 heavy (non-hydrogen) atoms. The number of hydrogen-bond donors (Lipinski definition) is 0. The zero-order valence-corrected chi connectivity index (χ0v) is 13.4. The topological polar surface area (TPSA) is 9.23 Å². The Hall–Kier alpha value is 0.0800. The van der Waals surface area contributed by atoms with Crippen LogP contribution in [0.2, 0.25) is 10.0 Å². The van der Waals surface area contributed by atoms with E-state index in [1.807, 2.05) is 6.07 Å². The summed E-state index contributed by atoms with van der Waals surface area (Å²) in [6.45, 7) is 4.42. The van der Waals surface area contributed by atoms with Crippen molar-refractivity contribution in [1.29, 1.82) is 0 Å². The molecule has 1 rings (SSSR count). The molecule has 1 aromatic rings. The average Bonchev–Trinajstić information content (AvgIpc) is 2.31. The lowest BCUT2D eigenvalue weighted by Crippen LogP contribution is -2.00. The van der Waals surface area contributed by atoms with E-state index in [1.54, 1.807) is 13.2 Å². The highest BCUT2D eigenvalue weighted by atomic mass is 79.9. The fourth-order valence-corrected chi connectivity index (χ4v) is 3.27. The van der Waals surface area contributed by atoms with Crippen LogP contribution in [-0.4, -0.2) is 7.11 Å². The molecular formula is C13H17BrCl2O. The molecule has 0 radical (unpaired) electrons. The normalized spacial score (nSPS) is 14.5. The minimum atomic E-state index is 0.230. The molecule has 0 amide bonds. The Labute approximate surface area is 122 Å². The molecule has 0 aliphatic rings. The van der Waals surface area contributed by atoms with Gasteiger partial charge in [0.2, 0.25) is 0 Å². The van der Waals surface area contributed by atoms with E-state index in [9.17, 15) is 0 Å². The third-order valence-corrected chi connectivity index (χ3v) is 4.40. The van der Waals surface area contributed by atoms with E-state index in [0.29, 0.717) is 21.7 Å². The van der Waals surface area contributed by atoms with E-state index in [0.717, 1.165) is 18.4 Å². The summed E-state index contributed by atoms with van der Waals surface area (Å²) in [7, 11) is 1.59. The molecule has 1 aromatic carbocycles. The van der Waals surface area contributed by atoms with Crippen molar-refractivity contribution in [1.82, 2.24) is 0 Å². The maximum absolute atomic E-state index is 6.23. The Kier molecular flexibility index (Phi) is 6.11. The monoisotopic (exact) mass is 338 g/mol. The molecule has 2 unspecified atom stereocenters. The lowest BCUT2D eigenvalue weighted by molar-refractivity contribution is 0.415. The first-order chi connectivity index (χ1) is 7.99. The van der Waals surface area contributed by atoms with Crippen molar-refractivity contribution in [3.63, 3.8) is 0 Å². The zero-order valence-electron chi connectivity index (χ0n) is 10.3. The number of hydrogen-bond acceptors (Lipinski definition) is 1. The molecule has 0 fully saturated rings. The van der Waals surface area contributed by atoms with E-state index in [-0.39, 0.29) is 4.83 Å². The number of halogens is 3. The first-order valence-electron chi connectivity index (χ1n) is 5.66. The second-order valence-electron chi connectivity index (χ2n) is 4.22. The molecule has 0 aliphatic carbocycles. The number of alkyl halides is 1. The van der Waals surface area contributed by atoms with Gasteiger partial charge in [0.05, 0.1) is 12.1 Å². The maximum Gasteiger partial charge on any atom is 0.138 e. The lowest BCUT2D eigenvalue weighted by Gasteiger charge is -2.17. The summed E-state index contributed by atoms with van der Waals surface area (Å²) in [5.41, 5.74) is 1.03. The predicted octanol–water partition coefficient (Wildman–Crippen LogP) is 5.87. The van der Waals surface area contributed by atoms with Gasteiger partial charge in [-0.1, -0.05) is 59.4 Å². The molecule has 0 spiro atoms. The van der Waals surface area contributed by atoms with Crippen LogP contribution in [0.5, 0.6) is 5.75 Å². The zero-order chi connectivity index (χ0) is 13.0. The van der Waals surface area contributed by atoms with Crippen molar-refractivity contribution in [2.24, 2.45) is 5.92 Å². The Morgan fingerprint density at radius 3 is 2.47 bits per heavy atom. The van der Waals surface area contributed by atoms with E-state index in [1.165, 1.54) is 0 Å². The van der Waals surface area contributed by atoms with Gasteiger partial charge >= 0.3 is 0 Å². The first kappa shape index (κ1) is 15.1. The molecular weight excluding hydrogens is 323 g/mol. The summed E-state index contributed by atoms with van der Waals surface area (Å²) in [5, 5.41) is 1.29. The Bertz CT molecular complexity index is 382. The second-order valence-corrected chi connectivity index (χ2v) is 6.14. The van der Waals surface area contributed by atoms with Gasteiger partial charge in [0, 0.05) is 15.9 Å². The van der Waals surface area contributed by atoms with E-state index < -0.39 is 0 Å². The van der Waals surface area contributed by atoms with Crippen LogP contribution in [0.15, 0.2) is 12.1 Å². The van der Waals surface area contributed by atoms with Gasteiger partial charge in [-0.15, -0.1) is 0 Å². The highest BCUT2D eigenvalue weighted by molar-refractivity contribution is 9.09. The fraction of sp³-hybridized carbons (Fsp3) is 0.538. The van der Waals surface area contributed by atoms with Crippen LogP contribution in [0.25, 0.3) is 0 Å². The van der Waals surface area contributed by atoms with Crippen LogP contribution in [-0.2, 0) is 0 Å². The number of rotatable bonds is 5. The van der Waals surface area contributed by atoms with Gasteiger partial charge < -0.3 is 4.74 Å². The smallest absolute Gasteiger partial charge is 0.138 e. The van der Waals surface area contributed by atoms with Gasteiger partial charge in [-0.2, -0.15) is 0 Å². The van der Waals surface area contributed by atoms with Crippen molar-refractivity contribution in [3.8, 4) is 5.75 Å². The fourth-order valence-electron chi connectivity index (χ4n) is 1.59. The van der Waals surface area contributed by atoms with Gasteiger partial charge in [0.1, 0.15) is 5.75 Å². The van der Waals surface area contributed by atoms with E-state index in [4.69, 9.17) is 27.9 Å². The van der Waals surface area contributed by atoms with Gasteiger partial charge in [-0.05, 0) is 24.0 Å². The third-order valence-electron chi connectivity index (χ3n) is 2.91. The van der Waals surface area contributed by atoms with Crippen LogP contribution < -0.4 is 4.74 Å². The van der Waals surface area contributed by atoms with Crippen molar-refractivity contribution in [2.45, 2.75) is 31.5 Å². The largest absolute Gasteiger partial charge is 0.495 e. The minimum Gasteiger partial charge on any atom is -0.495 e. The summed E-state index contributed by atoms with van der Waals surface area (Å²) >= 11 is 16.0. The number of benzene rings is 1. The molecule has 2 atom stereocenters. The predicted molar refractivity (Wildman–Crippen MR) is 78.8 cm³/mol. The lowest BCUT2D eigenvalue weighted by atomic mass is 9.99. The summed E-state index contributed by atoms with van der Waals surface area (Å²) in [6, 6.07) is 3.65. The summed E-state index contributed by atoms with van der Waals surface area (Å²) in [6.07, 6.45) is 2.20. The van der Waals surface area contributed by atoms with Gasteiger partial charge in [-0.25, -0.2) is 0 Å². The third kappa shape index (κ3) is 4.04. The molecule has 0 saturated heterocycles. The number of ether oxygens (including phenoxy) is 1. The molecule has 96 valence electrons. The molecule has 1 nitrogen and oxygen atoms in total. The van der Waals surface area contributed by atoms with Crippen LogP contribution in [0.4, 0.5) is 0 Å². The highest BCUT2D eigenvalue weighted by Gasteiger charge is 2.16. The van der Waals surface area contributed by atoms with Crippen LogP contribution in [0, 0.1) is 5.92 Å². The quantitative estimate of drug-likeness (QED) is 0.609. The van der Waals surface area contributed by atoms with Crippen LogP contribution in [0.1, 0.15) is 37.1 Å². The molecule has 0 aromatic heterocycles. The molecule has 4 heteroatoms. The summed E-state index contributed by atoms with van der Waals surface area (Å²) < 4.78 is 5.13. The maximum atomic E-state index is 6.23. The Morgan fingerprint density at radius 2 is 1.94 bits per heavy atom.